The molecule has 0 N–H and O–H groups in total. The first-order valence-electron chi connectivity index (χ1n) is 4.10. The minimum Gasteiger partial charge on any atom is -0.563 e. The SMILES string of the molecule is Fc1cccc(O[B]C2CC2)c1. The Hall–Kier alpha value is -0.985. The largest absolute Gasteiger partial charge is 0.563 e. The van der Waals surface area contributed by atoms with Crippen LogP contribution in [0.15, 0.2) is 24.3 Å². The van der Waals surface area contributed by atoms with Crippen LogP contribution in [-0.2, 0) is 0 Å². The molecule has 0 amide bonds. The number of benzene rings is 1. The number of halogens is 1. The highest BCUT2D eigenvalue weighted by Crippen LogP contribution is 2.35. The average Bonchev–Trinajstić information content (AvgIpc) is 2.84. The number of hydrogen-bond acceptors (Lipinski definition) is 1. The van der Waals surface area contributed by atoms with E-state index in [4.69, 9.17) is 4.65 Å². The minimum atomic E-state index is -0.253. The Bertz CT molecular complexity index is 273. The van der Waals surface area contributed by atoms with Crippen LogP contribution in [0, 0.1) is 5.82 Å². The van der Waals surface area contributed by atoms with Crippen LogP contribution < -0.4 is 4.65 Å². The molecule has 1 aromatic carbocycles. The summed E-state index contributed by atoms with van der Waals surface area (Å²) in [6.45, 7) is 0. The zero-order valence-electron chi connectivity index (χ0n) is 6.66. The van der Waals surface area contributed by atoms with Gasteiger partial charge in [-0.2, -0.15) is 0 Å². The van der Waals surface area contributed by atoms with Crippen LogP contribution in [0.3, 0.4) is 0 Å². The van der Waals surface area contributed by atoms with E-state index >= 15 is 0 Å². The summed E-state index contributed by atoms with van der Waals surface area (Å²) in [5.74, 6) is 0.923. The molecule has 1 nitrogen and oxygen atoms in total. The van der Waals surface area contributed by atoms with E-state index in [-0.39, 0.29) is 5.82 Å². The van der Waals surface area contributed by atoms with Gasteiger partial charge in [0, 0.05) is 6.07 Å². The molecular formula is C9H9BFO. The summed E-state index contributed by atoms with van der Waals surface area (Å²) in [6.07, 6.45) is 2.41. The Kier molecular flexibility index (Phi) is 2.02. The molecule has 1 saturated carbocycles. The van der Waals surface area contributed by atoms with E-state index in [9.17, 15) is 4.39 Å². The Labute approximate surface area is 71.8 Å². The van der Waals surface area contributed by atoms with Gasteiger partial charge in [0.25, 0.3) is 0 Å². The molecule has 1 fully saturated rings. The van der Waals surface area contributed by atoms with E-state index in [1.54, 1.807) is 19.6 Å². The van der Waals surface area contributed by atoms with Gasteiger partial charge in [-0.25, -0.2) is 4.39 Å². The smallest absolute Gasteiger partial charge is 0.373 e. The van der Waals surface area contributed by atoms with Crippen molar-refractivity contribution in [2.45, 2.75) is 18.7 Å². The molecule has 0 saturated heterocycles. The van der Waals surface area contributed by atoms with Crippen molar-refractivity contribution in [2.75, 3.05) is 0 Å². The van der Waals surface area contributed by atoms with Crippen molar-refractivity contribution >= 4 is 7.48 Å². The summed E-state index contributed by atoms with van der Waals surface area (Å²) in [6, 6.07) is 6.19. The van der Waals surface area contributed by atoms with Crippen molar-refractivity contribution in [1.29, 1.82) is 0 Å². The molecule has 0 heterocycles. The zero-order chi connectivity index (χ0) is 8.39. The van der Waals surface area contributed by atoms with Gasteiger partial charge < -0.3 is 4.65 Å². The van der Waals surface area contributed by atoms with E-state index in [0.29, 0.717) is 11.6 Å². The van der Waals surface area contributed by atoms with Crippen molar-refractivity contribution in [3.05, 3.63) is 30.1 Å². The second kappa shape index (κ2) is 3.17. The van der Waals surface area contributed by atoms with Gasteiger partial charge in [0.1, 0.15) is 11.6 Å². The zero-order valence-corrected chi connectivity index (χ0v) is 6.66. The molecule has 0 bridgehead atoms. The predicted molar refractivity (Wildman–Crippen MR) is 45.8 cm³/mol. The van der Waals surface area contributed by atoms with Gasteiger partial charge in [0.2, 0.25) is 0 Å². The van der Waals surface area contributed by atoms with Crippen LogP contribution in [0.4, 0.5) is 4.39 Å². The summed E-state index contributed by atoms with van der Waals surface area (Å²) in [4.78, 5) is 0. The quantitative estimate of drug-likeness (QED) is 0.621. The summed E-state index contributed by atoms with van der Waals surface area (Å²) in [5.41, 5.74) is 0. The fraction of sp³-hybridized carbons (Fsp3) is 0.333. The highest BCUT2D eigenvalue weighted by atomic mass is 19.1. The van der Waals surface area contributed by atoms with Crippen LogP contribution in [-0.4, -0.2) is 7.48 Å². The first-order chi connectivity index (χ1) is 5.84. The molecule has 0 atom stereocenters. The highest BCUT2D eigenvalue weighted by molar-refractivity contribution is 6.32. The van der Waals surface area contributed by atoms with Gasteiger partial charge in [-0.1, -0.05) is 18.9 Å². The molecule has 1 radical (unpaired) electrons. The minimum absolute atomic E-state index is 0.253. The normalized spacial score (nSPS) is 15.8. The molecule has 1 aromatic rings. The Morgan fingerprint density at radius 2 is 2.25 bits per heavy atom. The van der Waals surface area contributed by atoms with E-state index in [1.165, 1.54) is 25.0 Å². The lowest BCUT2D eigenvalue weighted by atomic mass is 9.93. The monoisotopic (exact) mass is 163 g/mol. The maximum atomic E-state index is 12.6. The summed E-state index contributed by atoms with van der Waals surface area (Å²) >= 11 is 0. The molecule has 3 heteroatoms. The summed E-state index contributed by atoms with van der Waals surface area (Å²) in [5, 5.41) is 0. The molecule has 0 aliphatic heterocycles. The van der Waals surface area contributed by atoms with E-state index in [2.05, 4.69) is 0 Å². The summed E-state index contributed by atoms with van der Waals surface area (Å²) in [7, 11) is 1.79. The van der Waals surface area contributed by atoms with Crippen LogP contribution in [0.5, 0.6) is 5.75 Å². The molecule has 0 unspecified atom stereocenters. The van der Waals surface area contributed by atoms with Crippen molar-refractivity contribution in [2.24, 2.45) is 0 Å². The second-order valence-electron chi connectivity index (χ2n) is 3.05. The van der Waals surface area contributed by atoms with Gasteiger partial charge >= 0.3 is 7.48 Å². The maximum Gasteiger partial charge on any atom is 0.373 e. The highest BCUT2D eigenvalue weighted by Gasteiger charge is 2.24. The molecule has 61 valence electrons. The van der Waals surface area contributed by atoms with Gasteiger partial charge in [-0.15, -0.1) is 0 Å². The van der Waals surface area contributed by atoms with Crippen LogP contribution in [0.2, 0.25) is 5.82 Å². The Balaban J connectivity index is 1.92. The van der Waals surface area contributed by atoms with E-state index < -0.39 is 0 Å². The lowest BCUT2D eigenvalue weighted by molar-refractivity contribution is 0.570. The van der Waals surface area contributed by atoms with Crippen molar-refractivity contribution in [1.82, 2.24) is 0 Å². The van der Waals surface area contributed by atoms with Crippen LogP contribution in [0.1, 0.15) is 12.8 Å². The van der Waals surface area contributed by atoms with Gasteiger partial charge in [-0.3, -0.25) is 0 Å². The van der Waals surface area contributed by atoms with Gasteiger partial charge in [0.15, 0.2) is 0 Å². The van der Waals surface area contributed by atoms with Gasteiger partial charge in [-0.05, 0) is 17.9 Å². The third kappa shape index (κ3) is 2.00. The van der Waals surface area contributed by atoms with E-state index in [1.807, 2.05) is 0 Å². The molecule has 0 aromatic heterocycles. The van der Waals surface area contributed by atoms with Crippen molar-refractivity contribution in [3.8, 4) is 5.75 Å². The van der Waals surface area contributed by atoms with Crippen molar-refractivity contribution < 1.29 is 9.04 Å². The van der Waals surface area contributed by atoms with Crippen molar-refractivity contribution in [3.63, 3.8) is 0 Å². The standard InChI is InChI=1S/C9H9BFO/c11-8-2-1-3-9(6-8)12-10-7-4-5-7/h1-3,6-7H,4-5H2. The summed E-state index contributed by atoms with van der Waals surface area (Å²) < 4.78 is 17.9. The fourth-order valence-electron chi connectivity index (χ4n) is 0.947. The van der Waals surface area contributed by atoms with Gasteiger partial charge in [0.05, 0.1) is 0 Å². The lowest BCUT2D eigenvalue weighted by Gasteiger charge is -2.02. The molecule has 2 rings (SSSR count). The molecule has 0 spiro atoms. The molecular weight excluding hydrogens is 154 g/mol. The maximum absolute atomic E-state index is 12.6. The number of rotatable bonds is 3. The molecule has 1 aliphatic carbocycles. The first-order valence-corrected chi connectivity index (χ1v) is 4.10. The molecule has 12 heavy (non-hydrogen) atoms. The van der Waals surface area contributed by atoms with Crippen LogP contribution >= 0.6 is 0 Å². The average molecular weight is 163 g/mol. The third-order valence-corrected chi connectivity index (χ3v) is 1.81. The second-order valence-corrected chi connectivity index (χ2v) is 3.05. The Morgan fingerprint density at radius 3 is 2.92 bits per heavy atom. The van der Waals surface area contributed by atoms with Crippen LogP contribution in [0.25, 0.3) is 0 Å². The predicted octanol–water partition coefficient (Wildman–Crippen LogP) is 2.41. The molecule has 1 aliphatic rings. The number of hydrogen-bond donors (Lipinski definition) is 0. The first kappa shape index (κ1) is 7.65. The fourth-order valence-corrected chi connectivity index (χ4v) is 0.947. The lowest BCUT2D eigenvalue weighted by Crippen LogP contribution is -2.00. The topological polar surface area (TPSA) is 9.23 Å². The Morgan fingerprint density at radius 1 is 1.42 bits per heavy atom. The van der Waals surface area contributed by atoms with E-state index in [0.717, 1.165) is 0 Å². The third-order valence-electron chi connectivity index (χ3n) is 1.81.